The van der Waals surface area contributed by atoms with Gasteiger partial charge in [0.15, 0.2) is 0 Å². The first-order valence-corrected chi connectivity index (χ1v) is 3.77. The van der Waals surface area contributed by atoms with Gasteiger partial charge in [-0.3, -0.25) is 0 Å². The summed E-state index contributed by atoms with van der Waals surface area (Å²) in [5.41, 5.74) is 2.80. The molecule has 0 unspecified atom stereocenters. The van der Waals surface area contributed by atoms with Crippen molar-refractivity contribution in [3.05, 3.63) is 48.0 Å². The van der Waals surface area contributed by atoms with Crippen molar-refractivity contribution in [1.29, 1.82) is 0 Å². The first-order valence-electron chi connectivity index (χ1n) is 3.77. The summed E-state index contributed by atoms with van der Waals surface area (Å²) in [6, 6.07) is 5.69. The molecular weight excluding hydrogens is 386 g/mol. The molecular formula is C11H12OU. The van der Waals surface area contributed by atoms with Gasteiger partial charge in [-0.25, -0.2) is 0 Å². The Hall–Kier alpha value is -0.448. The molecule has 1 aromatic rings. The minimum Gasteiger partial charge on any atom is -0.508 e. The monoisotopic (exact) mass is 398 g/mol. The molecule has 1 N–H and O–H groups in total. The summed E-state index contributed by atoms with van der Waals surface area (Å²) in [6.07, 6.45) is 1.73. The van der Waals surface area contributed by atoms with Crippen molar-refractivity contribution in [2.75, 3.05) is 0 Å². The van der Waals surface area contributed by atoms with Gasteiger partial charge in [-0.2, -0.15) is 0 Å². The molecule has 1 rings (SSSR count). The average Bonchev–Trinajstić information content (AvgIpc) is 2.03. The van der Waals surface area contributed by atoms with E-state index in [4.69, 9.17) is 0 Å². The van der Waals surface area contributed by atoms with Crippen LogP contribution in [0.15, 0.2) is 31.4 Å². The van der Waals surface area contributed by atoms with Crippen LogP contribution in [-0.4, -0.2) is 5.11 Å². The van der Waals surface area contributed by atoms with Gasteiger partial charge in [0.2, 0.25) is 0 Å². The Morgan fingerprint density at radius 3 is 2.46 bits per heavy atom. The summed E-state index contributed by atoms with van der Waals surface area (Å²) in [4.78, 5) is 0. The van der Waals surface area contributed by atoms with Crippen LogP contribution in [-0.2, 0) is 0 Å². The van der Waals surface area contributed by atoms with E-state index in [1.54, 1.807) is 6.08 Å². The first-order chi connectivity index (χ1) is 5.66. The number of aliphatic hydroxyl groups is 1. The minimum absolute atomic E-state index is 0. The Morgan fingerprint density at radius 2 is 2.08 bits per heavy atom. The Kier molecular flexibility index (Phi) is 5.13. The van der Waals surface area contributed by atoms with Crippen LogP contribution in [0.25, 0.3) is 11.8 Å². The van der Waals surface area contributed by atoms with Crippen LogP contribution in [0.5, 0.6) is 0 Å². The zero-order chi connectivity index (χ0) is 9.14. The van der Waals surface area contributed by atoms with Crippen LogP contribution in [0.4, 0.5) is 0 Å². The minimum atomic E-state index is 0. The molecule has 0 aliphatic heterocycles. The summed E-state index contributed by atoms with van der Waals surface area (Å²) in [6.45, 7) is 9.14. The second kappa shape index (κ2) is 5.32. The van der Waals surface area contributed by atoms with Gasteiger partial charge in [-0.15, -0.1) is 0 Å². The summed E-state index contributed by atoms with van der Waals surface area (Å²) in [5, 5.41) is 9.22. The van der Waals surface area contributed by atoms with E-state index in [0.717, 1.165) is 16.7 Å². The molecule has 0 spiro atoms. The van der Waals surface area contributed by atoms with Crippen molar-refractivity contribution >= 4 is 11.8 Å². The Balaban J connectivity index is 0.00000144. The fourth-order valence-corrected chi connectivity index (χ4v) is 1.20. The van der Waals surface area contributed by atoms with Crippen molar-refractivity contribution in [1.82, 2.24) is 0 Å². The van der Waals surface area contributed by atoms with E-state index in [1.807, 2.05) is 25.1 Å². The molecule has 0 aromatic heterocycles. The molecule has 1 nitrogen and oxygen atoms in total. The summed E-state index contributed by atoms with van der Waals surface area (Å²) < 4.78 is 0. The van der Waals surface area contributed by atoms with Crippen molar-refractivity contribution in [3.63, 3.8) is 0 Å². The van der Waals surface area contributed by atoms with Crippen molar-refractivity contribution in [2.24, 2.45) is 0 Å². The van der Waals surface area contributed by atoms with Crippen LogP contribution in [0, 0.1) is 38.0 Å². The molecule has 0 amide bonds. The van der Waals surface area contributed by atoms with E-state index < -0.39 is 0 Å². The number of aryl methyl sites for hydroxylation is 1. The van der Waals surface area contributed by atoms with Crippen LogP contribution < -0.4 is 0 Å². The molecule has 0 saturated heterocycles. The fourth-order valence-electron chi connectivity index (χ4n) is 1.20. The van der Waals surface area contributed by atoms with Crippen LogP contribution in [0.1, 0.15) is 16.7 Å². The SMILES string of the molecule is C=Cc1c(C)cccc1C(=C)O.[U]. The molecule has 0 bridgehead atoms. The van der Waals surface area contributed by atoms with E-state index >= 15 is 0 Å². The molecule has 66 valence electrons. The predicted octanol–water partition coefficient (Wildman–Crippen LogP) is 3.17. The van der Waals surface area contributed by atoms with Crippen molar-refractivity contribution in [2.45, 2.75) is 6.92 Å². The molecule has 13 heavy (non-hydrogen) atoms. The topological polar surface area (TPSA) is 20.2 Å². The number of hydrogen-bond acceptors (Lipinski definition) is 1. The molecule has 0 radical (unpaired) electrons. The molecule has 0 fully saturated rings. The van der Waals surface area contributed by atoms with E-state index in [2.05, 4.69) is 13.2 Å². The zero-order valence-corrected chi connectivity index (χ0v) is 11.8. The fraction of sp³-hybridized carbons (Fsp3) is 0.0909. The van der Waals surface area contributed by atoms with Crippen LogP contribution in [0.3, 0.4) is 0 Å². The van der Waals surface area contributed by atoms with Crippen molar-refractivity contribution in [3.8, 4) is 0 Å². The molecule has 2 heteroatoms. The number of benzene rings is 1. The van der Waals surface area contributed by atoms with Gasteiger partial charge < -0.3 is 5.11 Å². The Bertz CT molecular complexity index is 329. The van der Waals surface area contributed by atoms with Crippen LogP contribution in [0.2, 0.25) is 0 Å². The first kappa shape index (κ1) is 12.6. The molecule has 0 aliphatic carbocycles. The molecule has 0 aliphatic rings. The van der Waals surface area contributed by atoms with E-state index in [9.17, 15) is 5.11 Å². The largest absolute Gasteiger partial charge is 0.508 e. The second-order valence-electron chi connectivity index (χ2n) is 2.69. The van der Waals surface area contributed by atoms with Gasteiger partial charge in [0.05, 0.1) is 0 Å². The van der Waals surface area contributed by atoms with E-state index in [0.29, 0.717) is 0 Å². The maximum Gasteiger partial charge on any atom is 0.116 e. The van der Waals surface area contributed by atoms with Gasteiger partial charge in [0, 0.05) is 36.7 Å². The molecule has 0 saturated carbocycles. The van der Waals surface area contributed by atoms with Gasteiger partial charge in [0.1, 0.15) is 5.76 Å². The standard InChI is InChI=1S/C11H12O.U/c1-4-10-8(2)6-5-7-11(10)9(3)12;/h4-7,12H,1,3H2,2H3;. The smallest absolute Gasteiger partial charge is 0.116 e. The molecule has 1 aromatic carbocycles. The van der Waals surface area contributed by atoms with Gasteiger partial charge >= 0.3 is 0 Å². The Morgan fingerprint density at radius 1 is 1.46 bits per heavy atom. The third-order valence-electron chi connectivity index (χ3n) is 1.84. The summed E-state index contributed by atoms with van der Waals surface area (Å²) in [5.74, 6) is 0.0913. The van der Waals surface area contributed by atoms with Gasteiger partial charge in [-0.05, 0) is 18.1 Å². The predicted molar refractivity (Wildman–Crippen MR) is 52.9 cm³/mol. The third-order valence-corrected chi connectivity index (χ3v) is 1.84. The van der Waals surface area contributed by atoms with Crippen molar-refractivity contribution < 1.29 is 36.2 Å². The normalized spacial score (nSPS) is 8.69. The zero-order valence-electron chi connectivity index (χ0n) is 7.67. The summed E-state index contributed by atoms with van der Waals surface area (Å²) >= 11 is 0. The third kappa shape index (κ3) is 2.76. The number of rotatable bonds is 2. The van der Waals surface area contributed by atoms with Crippen LogP contribution >= 0.6 is 0 Å². The number of hydrogen-bond donors (Lipinski definition) is 1. The second-order valence-corrected chi connectivity index (χ2v) is 2.69. The molecule has 0 heterocycles. The molecule has 0 atom stereocenters. The van der Waals surface area contributed by atoms with E-state index in [1.165, 1.54) is 0 Å². The maximum absolute atomic E-state index is 9.22. The summed E-state index contributed by atoms with van der Waals surface area (Å²) in [7, 11) is 0. The quantitative estimate of drug-likeness (QED) is 0.759. The van der Waals surface area contributed by atoms with Gasteiger partial charge in [-0.1, -0.05) is 37.4 Å². The maximum atomic E-state index is 9.22. The van der Waals surface area contributed by atoms with Gasteiger partial charge in [0.25, 0.3) is 0 Å². The van der Waals surface area contributed by atoms with E-state index in [-0.39, 0.29) is 36.9 Å². The Labute approximate surface area is 103 Å². The number of aliphatic hydroxyl groups excluding tert-OH is 1. The average molecular weight is 398 g/mol.